The minimum atomic E-state index is -1.65. The summed E-state index contributed by atoms with van der Waals surface area (Å²) in [6.45, 7) is 4.33. The van der Waals surface area contributed by atoms with Crippen LogP contribution in [0.1, 0.15) is 40.0 Å². The Morgan fingerprint density at radius 3 is 2.31 bits per heavy atom. The van der Waals surface area contributed by atoms with Crippen molar-refractivity contribution < 1.29 is 72.7 Å². The van der Waals surface area contributed by atoms with Crippen LogP contribution in [0.4, 0.5) is 0 Å². The SMILES string of the molecule is COC(=O)[C@H]1OC[C@]23[C@@H]1[C@](C)([C@]14O[C@@]1(C)[C@H]1C[C@@H]4O[C@@H]4O[C@@H](OC(C)=O)C[C@@]41O)[C@H](O)[C@@H]1OC[C@](C(=O)OC)([C@H](O)C[C@@H]2O)[C@H]13. The number of rotatable bonds is 4. The standard InChI is InChI=1S/C30H40O15/c1-11(31)42-16-8-29(37)12-6-15(43-24(29)44-16)30(26(12,3)45-30)25(2)19-18(22(35)38-4)41-9-27(19)13(32)7-14(33)28(23(36)39-5)10-40-17(20(27)28)21(25)34/h12-21,24,32-34,37H,6-10H2,1-5H3/t12-,13+,14-,15+,16-,17-,18+,19+,20-,21-,24-,25+,26+,27-,28+,29+,30+/m1/s1. The zero-order chi connectivity index (χ0) is 32.3. The molecule has 1 spiro atoms. The Morgan fingerprint density at radius 2 is 1.64 bits per heavy atom. The fraction of sp³-hybridized carbons (Fsp3) is 0.900. The van der Waals surface area contributed by atoms with Crippen LogP contribution in [0, 0.1) is 34.0 Å². The van der Waals surface area contributed by atoms with E-state index in [0.29, 0.717) is 6.42 Å². The van der Waals surface area contributed by atoms with Gasteiger partial charge in [0.25, 0.3) is 0 Å². The molecule has 8 rings (SSSR count). The molecular formula is C30H40O15. The summed E-state index contributed by atoms with van der Waals surface area (Å²) in [5, 5.41) is 47.9. The molecule has 5 aliphatic heterocycles. The van der Waals surface area contributed by atoms with Gasteiger partial charge in [0, 0.05) is 48.3 Å². The summed E-state index contributed by atoms with van der Waals surface area (Å²) in [5.74, 6) is -4.68. The third-order valence-electron chi connectivity index (χ3n) is 13.4. The van der Waals surface area contributed by atoms with Crippen molar-refractivity contribution in [3.05, 3.63) is 0 Å². The molecule has 0 amide bonds. The third kappa shape index (κ3) is 3.04. The summed E-state index contributed by atoms with van der Waals surface area (Å²) in [7, 11) is 2.41. The van der Waals surface area contributed by atoms with Gasteiger partial charge in [-0.05, 0) is 13.3 Å². The average Bonchev–Trinajstić information content (AvgIpc) is 3.38. The van der Waals surface area contributed by atoms with Gasteiger partial charge in [-0.15, -0.1) is 0 Å². The lowest BCUT2D eigenvalue weighted by Gasteiger charge is -2.65. The molecule has 5 saturated heterocycles. The topological polar surface area (TPSA) is 209 Å². The number of aliphatic hydroxyl groups excluding tert-OH is 3. The van der Waals surface area contributed by atoms with E-state index < -0.39 is 118 Å². The van der Waals surface area contributed by atoms with Crippen LogP contribution in [-0.4, -0.2) is 132 Å². The second-order valence-corrected chi connectivity index (χ2v) is 14.7. The Labute approximate surface area is 258 Å². The Kier molecular flexibility index (Phi) is 6.03. The Balaban J connectivity index is 1.29. The molecule has 45 heavy (non-hydrogen) atoms. The molecule has 15 heteroatoms. The fourth-order valence-corrected chi connectivity index (χ4v) is 11.9. The Morgan fingerprint density at radius 1 is 0.911 bits per heavy atom. The van der Waals surface area contributed by atoms with Gasteiger partial charge in [-0.25, -0.2) is 4.79 Å². The molecule has 0 aromatic heterocycles. The monoisotopic (exact) mass is 640 g/mol. The highest BCUT2D eigenvalue weighted by Gasteiger charge is 2.95. The summed E-state index contributed by atoms with van der Waals surface area (Å²) in [6.07, 6.45) is -9.45. The lowest BCUT2D eigenvalue weighted by Crippen LogP contribution is -2.77. The number of hydrogen-bond donors (Lipinski definition) is 4. The fourth-order valence-electron chi connectivity index (χ4n) is 11.9. The molecule has 3 aliphatic carbocycles. The highest BCUT2D eigenvalue weighted by molar-refractivity contribution is 5.80. The smallest absolute Gasteiger partial charge is 0.335 e. The summed E-state index contributed by atoms with van der Waals surface area (Å²) in [5.41, 5.74) is -8.62. The molecule has 15 nitrogen and oxygen atoms in total. The summed E-state index contributed by atoms with van der Waals surface area (Å²) >= 11 is 0. The van der Waals surface area contributed by atoms with Gasteiger partial charge >= 0.3 is 17.9 Å². The molecule has 3 saturated carbocycles. The van der Waals surface area contributed by atoms with Crippen molar-refractivity contribution in [2.45, 2.75) is 106 Å². The van der Waals surface area contributed by atoms with Crippen molar-refractivity contribution in [3.63, 3.8) is 0 Å². The quantitative estimate of drug-likeness (QED) is 0.151. The van der Waals surface area contributed by atoms with Crippen molar-refractivity contribution in [1.29, 1.82) is 0 Å². The molecule has 0 aromatic rings. The molecule has 0 radical (unpaired) electrons. The van der Waals surface area contributed by atoms with Crippen molar-refractivity contribution in [3.8, 4) is 0 Å². The van der Waals surface area contributed by atoms with Crippen LogP contribution in [0.15, 0.2) is 0 Å². The van der Waals surface area contributed by atoms with E-state index in [2.05, 4.69) is 0 Å². The molecule has 250 valence electrons. The summed E-state index contributed by atoms with van der Waals surface area (Å²) < 4.78 is 47.1. The highest BCUT2D eigenvalue weighted by Crippen LogP contribution is 2.82. The van der Waals surface area contributed by atoms with Crippen molar-refractivity contribution in [2.75, 3.05) is 27.4 Å². The van der Waals surface area contributed by atoms with Crippen LogP contribution in [0.2, 0.25) is 0 Å². The van der Waals surface area contributed by atoms with E-state index in [4.69, 9.17) is 37.9 Å². The first kappa shape index (κ1) is 30.4. The molecule has 8 fully saturated rings. The number of carbonyl (C=O) groups is 3. The lowest BCUT2D eigenvalue weighted by molar-refractivity contribution is -0.307. The van der Waals surface area contributed by atoms with Crippen LogP contribution >= 0.6 is 0 Å². The molecule has 2 bridgehead atoms. The number of methoxy groups -OCH3 is 2. The first-order chi connectivity index (χ1) is 21.1. The van der Waals surface area contributed by atoms with Crippen LogP contribution < -0.4 is 0 Å². The molecular weight excluding hydrogens is 600 g/mol. The number of fused-ring (bicyclic) bond motifs is 7. The number of hydrogen-bond acceptors (Lipinski definition) is 15. The maximum absolute atomic E-state index is 13.5. The van der Waals surface area contributed by atoms with E-state index in [-0.39, 0.29) is 26.1 Å². The van der Waals surface area contributed by atoms with Crippen molar-refractivity contribution in [2.24, 2.45) is 34.0 Å². The van der Waals surface area contributed by atoms with E-state index in [1.165, 1.54) is 21.1 Å². The number of carbonyl (C=O) groups excluding carboxylic acids is 3. The van der Waals surface area contributed by atoms with Gasteiger partial charge in [-0.1, -0.05) is 6.92 Å². The third-order valence-corrected chi connectivity index (χ3v) is 13.4. The predicted molar refractivity (Wildman–Crippen MR) is 141 cm³/mol. The van der Waals surface area contributed by atoms with E-state index in [1.807, 2.05) is 6.92 Å². The highest BCUT2D eigenvalue weighted by atomic mass is 16.8. The number of esters is 3. The van der Waals surface area contributed by atoms with Crippen LogP contribution in [0.5, 0.6) is 0 Å². The van der Waals surface area contributed by atoms with Gasteiger partial charge in [0.15, 0.2) is 12.4 Å². The van der Waals surface area contributed by atoms with Gasteiger partial charge in [-0.2, -0.15) is 0 Å². The average molecular weight is 641 g/mol. The molecule has 0 aromatic carbocycles. The maximum Gasteiger partial charge on any atom is 0.335 e. The molecule has 5 heterocycles. The van der Waals surface area contributed by atoms with Gasteiger partial charge in [-0.3, -0.25) is 9.59 Å². The minimum absolute atomic E-state index is 0.0593. The van der Waals surface area contributed by atoms with Crippen molar-refractivity contribution >= 4 is 17.9 Å². The minimum Gasteiger partial charge on any atom is -0.468 e. The normalized spacial score (nSPS) is 59.8. The van der Waals surface area contributed by atoms with Gasteiger partial charge < -0.3 is 58.3 Å². The first-order valence-electron chi connectivity index (χ1n) is 15.5. The number of ether oxygens (including phenoxy) is 8. The lowest BCUT2D eigenvalue weighted by atomic mass is 9.38. The van der Waals surface area contributed by atoms with E-state index in [0.717, 1.165) is 0 Å². The molecule has 8 aliphatic rings. The first-order valence-corrected chi connectivity index (χ1v) is 15.5. The molecule has 0 unspecified atom stereocenters. The Bertz CT molecular complexity index is 1360. The van der Waals surface area contributed by atoms with Gasteiger partial charge in [0.05, 0.1) is 58.0 Å². The summed E-state index contributed by atoms with van der Waals surface area (Å²) in [6, 6.07) is 0. The Hall–Kier alpha value is -1.95. The zero-order valence-corrected chi connectivity index (χ0v) is 25.7. The zero-order valence-electron chi connectivity index (χ0n) is 25.7. The second-order valence-electron chi connectivity index (χ2n) is 14.7. The van der Waals surface area contributed by atoms with Crippen LogP contribution in [0.3, 0.4) is 0 Å². The van der Waals surface area contributed by atoms with E-state index >= 15 is 0 Å². The summed E-state index contributed by atoms with van der Waals surface area (Å²) in [4.78, 5) is 38.7. The maximum atomic E-state index is 13.5. The largest absolute Gasteiger partial charge is 0.468 e. The van der Waals surface area contributed by atoms with Crippen LogP contribution in [-0.2, 0) is 52.3 Å². The number of aliphatic hydroxyl groups is 4. The van der Waals surface area contributed by atoms with Gasteiger partial charge in [0.2, 0.25) is 6.29 Å². The molecule has 4 N–H and O–H groups in total. The van der Waals surface area contributed by atoms with Gasteiger partial charge in [0.1, 0.15) is 22.2 Å². The van der Waals surface area contributed by atoms with E-state index in [9.17, 15) is 34.8 Å². The second kappa shape index (κ2) is 8.94. The van der Waals surface area contributed by atoms with Crippen LogP contribution in [0.25, 0.3) is 0 Å². The predicted octanol–water partition coefficient (Wildman–Crippen LogP) is -1.85. The van der Waals surface area contributed by atoms with E-state index in [1.54, 1.807) is 6.92 Å². The number of epoxide rings is 1. The van der Waals surface area contributed by atoms with Crippen molar-refractivity contribution in [1.82, 2.24) is 0 Å². The molecule has 17 atom stereocenters.